The Morgan fingerprint density at radius 2 is 1.76 bits per heavy atom. The second kappa shape index (κ2) is 14.2. The van der Waals surface area contributed by atoms with E-state index < -0.39 is 6.04 Å². The number of thioether (sulfide) groups is 1. The van der Waals surface area contributed by atoms with Crippen LogP contribution >= 0.6 is 23.4 Å². The fourth-order valence-corrected chi connectivity index (χ4v) is 4.34. The highest BCUT2D eigenvalue weighted by Gasteiger charge is 2.28. The molecule has 2 amide bonds. The molecule has 33 heavy (non-hydrogen) atoms. The number of benzene rings is 2. The van der Waals surface area contributed by atoms with Crippen LogP contribution in [-0.4, -0.2) is 42.2 Å². The van der Waals surface area contributed by atoms with Gasteiger partial charge < -0.3 is 15.0 Å². The van der Waals surface area contributed by atoms with Gasteiger partial charge in [0.2, 0.25) is 11.8 Å². The van der Waals surface area contributed by atoms with Crippen LogP contribution in [0.1, 0.15) is 45.6 Å². The quantitative estimate of drug-likeness (QED) is 0.285. The molecule has 2 aromatic carbocycles. The standard InChI is InChI=1S/C26H35ClN2O3S/c1-5-24(26(31)28-17-19(2)3)29(18-20-8-12-22(32-4)13-9-20)25(30)7-6-16-33-23-14-10-21(27)11-15-23/h8-15,19,24H,5-7,16-18H2,1-4H3,(H,28,31)/t24-/m1/s1. The van der Waals surface area contributed by atoms with E-state index >= 15 is 0 Å². The van der Waals surface area contributed by atoms with Crippen LogP contribution < -0.4 is 10.1 Å². The highest BCUT2D eigenvalue weighted by atomic mass is 35.5. The number of nitrogens with one attached hydrogen (secondary N) is 1. The maximum Gasteiger partial charge on any atom is 0.242 e. The number of halogens is 1. The molecule has 1 atom stereocenters. The molecule has 0 aromatic heterocycles. The van der Waals surface area contributed by atoms with Crippen molar-refractivity contribution in [3.63, 3.8) is 0 Å². The smallest absolute Gasteiger partial charge is 0.242 e. The molecule has 0 saturated carbocycles. The number of rotatable bonds is 13. The van der Waals surface area contributed by atoms with Gasteiger partial charge in [-0.1, -0.05) is 44.5 Å². The zero-order chi connectivity index (χ0) is 24.2. The van der Waals surface area contributed by atoms with E-state index in [9.17, 15) is 9.59 Å². The van der Waals surface area contributed by atoms with Gasteiger partial charge in [-0.25, -0.2) is 0 Å². The SMILES string of the molecule is CC[C@H](C(=O)NCC(C)C)N(Cc1ccc(OC)cc1)C(=O)CCCSc1ccc(Cl)cc1. The summed E-state index contributed by atoms with van der Waals surface area (Å²) in [5.74, 6) is 1.83. The van der Waals surface area contributed by atoms with Crippen molar-refractivity contribution >= 4 is 35.2 Å². The van der Waals surface area contributed by atoms with Gasteiger partial charge in [-0.3, -0.25) is 9.59 Å². The highest BCUT2D eigenvalue weighted by molar-refractivity contribution is 7.99. The van der Waals surface area contributed by atoms with Gasteiger partial charge in [-0.2, -0.15) is 0 Å². The summed E-state index contributed by atoms with van der Waals surface area (Å²) in [5, 5.41) is 3.71. The van der Waals surface area contributed by atoms with Gasteiger partial charge in [0.1, 0.15) is 11.8 Å². The number of carbonyl (C=O) groups is 2. The second-order valence-corrected chi connectivity index (χ2v) is 9.94. The molecule has 0 radical (unpaired) electrons. The van der Waals surface area contributed by atoms with Gasteiger partial charge in [0.25, 0.3) is 0 Å². The second-order valence-electron chi connectivity index (χ2n) is 8.34. The Labute approximate surface area is 207 Å². The molecule has 2 aromatic rings. The van der Waals surface area contributed by atoms with E-state index in [-0.39, 0.29) is 11.8 Å². The summed E-state index contributed by atoms with van der Waals surface area (Å²) in [6.07, 6.45) is 1.69. The molecule has 0 saturated heterocycles. The van der Waals surface area contributed by atoms with Gasteiger partial charge in [-0.15, -0.1) is 11.8 Å². The molecule has 0 aliphatic rings. The van der Waals surface area contributed by atoms with Crippen molar-refractivity contribution in [2.24, 2.45) is 5.92 Å². The Balaban J connectivity index is 2.05. The molecule has 0 bridgehead atoms. The van der Waals surface area contributed by atoms with Crippen LogP contribution in [0.25, 0.3) is 0 Å². The van der Waals surface area contributed by atoms with E-state index in [1.807, 2.05) is 55.5 Å². The van der Waals surface area contributed by atoms with Crippen molar-refractivity contribution in [2.75, 3.05) is 19.4 Å². The van der Waals surface area contributed by atoms with E-state index in [2.05, 4.69) is 19.2 Å². The molecule has 180 valence electrons. The lowest BCUT2D eigenvalue weighted by molar-refractivity contribution is -0.141. The largest absolute Gasteiger partial charge is 0.497 e. The number of hydrogen-bond donors (Lipinski definition) is 1. The van der Waals surface area contributed by atoms with Crippen molar-refractivity contribution in [3.8, 4) is 5.75 Å². The van der Waals surface area contributed by atoms with E-state index in [0.29, 0.717) is 36.9 Å². The first-order chi connectivity index (χ1) is 15.8. The molecule has 0 aliphatic carbocycles. The predicted octanol–water partition coefficient (Wildman–Crippen LogP) is 5.80. The molecular weight excluding hydrogens is 456 g/mol. The number of hydrogen-bond acceptors (Lipinski definition) is 4. The molecule has 2 rings (SSSR count). The minimum atomic E-state index is -0.498. The molecule has 0 spiro atoms. The summed E-state index contributed by atoms with van der Waals surface area (Å²) < 4.78 is 5.24. The maximum atomic E-state index is 13.3. The predicted molar refractivity (Wildman–Crippen MR) is 137 cm³/mol. The van der Waals surface area contributed by atoms with Crippen LogP contribution in [0.3, 0.4) is 0 Å². The molecule has 0 unspecified atom stereocenters. The average Bonchev–Trinajstić information content (AvgIpc) is 2.81. The van der Waals surface area contributed by atoms with E-state index in [0.717, 1.165) is 28.4 Å². The number of carbonyl (C=O) groups excluding carboxylic acids is 2. The Kier molecular flexibility index (Phi) is 11.6. The number of nitrogens with zero attached hydrogens (tertiary/aromatic N) is 1. The zero-order valence-corrected chi connectivity index (χ0v) is 21.5. The molecule has 1 N–H and O–H groups in total. The Hall–Kier alpha value is -2.18. The van der Waals surface area contributed by atoms with E-state index in [1.54, 1.807) is 23.8 Å². The van der Waals surface area contributed by atoms with Crippen LogP contribution in [-0.2, 0) is 16.1 Å². The van der Waals surface area contributed by atoms with Crippen molar-refractivity contribution < 1.29 is 14.3 Å². The van der Waals surface area contributed by atoms with Gasteiger partial charge in [0.05, 0.1) is 7.11 Å². The normalized spacial score (nSPS) is 11.8. The van der Waals surface area contributed by atoms with Gasteiger partial charge in [0.15, 0.2) is 0 Å². The van der Waals surface area contributed by atoms with Crippen LogP contribution in [0.2, 0.25) is 5.02 Å². The molecular formula is C26H35ClN2O3S. The molecule has 0 fully saturated rings. The minimum absolute atomic E-state index is 0.00549. The Morgan fingerprint density at radius 1 is 1.09 bits per heavy atom. The van der Waals surface area contributed by atoms with E-state index in [4.69, 9.17) is 16.3 Å². The number of amides is 2. The average molecular weight is 491 g/mol. The lowest BCUT2D eigenvalue weighted by Crippen LogP contribution is -2.49. The highest BCUT2D eigenvalue weighted by Crippen LogP contribution is 2.22. The lowest BCUT2D eigenvalue weighted by atomic mass is 10.1. The third kappa shape index (κ3) is 9.30. The molecule has 0 heterocycles. The fourth-order valence-electron chi connectivity index (χ4n) is 3.36. The van der Waals surface area contributed by atoms with Crippen molar-refractivity contribution in [3.05, 3.63) is 59.1 Å². The van der Waals surface area contributed by atoms with Crippen LogP contribution in [0, 0.1) is 5.92 Å². The molecule has 7 heteroatoms. The third-order valence-electron chi connectivity index (χ3n) is 5.20. The summed E-state index contributed by atoms with van der Waals surface area (Å²) >= 11 is 7.64. The van der Waals surface area contributed by atoms with Gasteiger partial charge in [-0.05, 0) is 66.5 Å². The van der Waals surface area contributed by atoms with Crippen LogP contribution in [0.15, 0.2) is 53.4 Å². The number of methoxy groups -OCH3 is 1. The first-order valence-electron chi connectivity index (χ1n) is 11.4. The van der Waals surface area contributed by atoms with Crippen molar-refractivity contribution in [2.45, 2.75) is 57.5 Å². The van der Waals surface area contributed by atoms with Gasteiger partial charge >= 0.3 is 0 Å². The zero-order valence-electron chi connectivity index (χ0n) is 20.0. The number of ether oxygens (including phenoxy) is 1. The topological polar surface area (TPSA) is 58.6 Å². The maximum absolute atomic E-state index is 13.3. The lowest BCUT2D eigenvalue weighted by Gasteiger charge is -2.31. The Bertz CT molecular complexity index is 872. The summed E-state index contributed by atoms with van der Waals surface area (Å²) in [6.45, 7) is 7.04. The summed E-state index contributed by atoms with van der Waals surface area (Å²) in [7, 11) is 1.62. The van der Waals surface area contributed by atoms with Crippen LogP contribution in [0.4, 0.5) is 0 Å². The first-order valence-corrected chi connectivity index (χ1v) is 12.8. The fraction of sp³-hybridized carbons (Fsp3) is 0.462. The Morgan fingerprint density at radius 3 is 2.33 bits per heavy atom. The minimum Gasteiger partial charge on any atom is -0.497 e. The van der Waals surface area contributed by atoms with Crippen LogP contribution in [0.5, 0.6) is 5.75 Å². The molecule has 5 nitrogen and oxygen atoms in total. The monoisotopic (exact) mass is 490 g/mol. The summed E-state index contributed by atoms with van der Waals surface area (Å²) in [4.78, 5) is 29.0. The summed E-state index contributed by atoms with van der Waals surface area (Å²) in [6, 6.07) is 14.8. The van der Waals surface area contributed by atoms with Crippen molar-refractivity contribution in [1.29, 1.82) is 0 Å². The van der Waals surface area contributed by atoms with Crippen molar-refractivity contribution in [1.82, 2.24) is 10.2 Å². The third-order valence-corrected chi connectivity index (χ3v) is 6.55. The summed E-state index contributed by atoms with van der Waals surface area (Å²) in [5.41, 5.74) is 0.967. The molecule has 0 aliphatic heterocycles. The first kappa shape index (κ1) is 27.1. The van der Waals surface area contributed by atoms with E-state index in [1.165, 1.54) is 0 Å². The van der Waals surface area contributed by atoms with Gasteiger partial charge in [0, 0.05) is 29.4 Å².